The second kappa shape index (κ2) is 10.4. The number of methoxy groups -OCH3 is 3. The van der Waals surface area contributed by atoms with E-state index in [1.807, 2.05) is 36.4 Å². The van der Waals surface area contributed by atoms with Crippen molar-refractivity contribution < 1.29 is 14.2 Å². The van der Waals surface area contributed by atoms with Crippen LogP contribution in [-0.2, 0) is 19.5 Å². The highest BCUT2D eigenvalue weighted by Gasteiger charge is 2.16. The third kappa shape index (κ3) is 4.76. The van der Waals surface area contributed by atoms with Crippen molar-refractivity contribution in [3.8, 4) is 29.0 Å². The molecule has 174 valence electrons. The number of nitrogens with one attached hydrogen (secondary N) is 1. The van der Waals surface area contributed by atoms with Gasteiger partial charge in [0.05, 0.1) is 45.0 Å². The molecule has 0 aliphatic carbocycles. The van der Waals surface area contributed by atoms with E-state index in [2.05, 4.69) is 21.5 Å². The Kier molecular flexibility index (Phi) is 7.16. The number of benzene rings is 2. The molecule has 0 saturated carbocycles. The maximum absolute atomic E-state index is 9.18. The van der Waals surface area contributed by atoms with Crippen molar-refractivity contribution in [1.29, 1.82) is 5.26 Å². The van der Waals surface area contributed by atoms with Crippen LogP contribution in [-0.4, -0.2) is 36.1 Å². The molecule has 0 spiro atoms. The molecule has 0 saturated heterocycles. The summed E-state index contributed by atoms with van der Waals surface area (Å²) in [6, 6.07) is 15.6. The number of hydrogen-bond acceptors (Lipinski definition) is 7. The van der Waals surface area contributed by atoms with E-state index in [4.69, 9.17) is 25.8 Å². The van der Waals surface area contributed by atoms with Crippen molar-refractivity contribution >= 4 is 22.5 Å². The smallest absolute Gasteiger partial charge is 0.144 e. The van der Waals surface area contributed by atoms with Crippen molar-refractivity contribution in [2.24, 2.45) is 0 Å². The number of hydrogen-bond donors (Lipinski definition) is 1. The van der Waals surface area contributed by atoms with Crippen LogP contribution < -0.4 is 19.5 Å². The predicted octanol–water partition coefficient (Wildman–Crippen LogP) is 4.46. The van der Waals surface area contributed by atoms with Crippen LogP contribution in [0.2, 0.25) is 5.15 Å². The fourth-order valence-electron chi connectivity index (χ4n) is 3.78. The second-order valence-corrected chi connectivity index (χ2v) is 7.89. The SMILES string of the molecule is COc1ccc(CNCc2ccc(-n3nc(CC#N)c4cnc(Cl)cc43)c(OC)c2)c(OC)c1. The summed E-state index contributed by atoms with van der Waals surface area (Å²) < 4.78 is 18.2. The highest BCUT2D eigenvalue weighted by molar-refractivity contribution is 6.30. The number of rotatable bonds is 9. The maximum atomic E-state index is 9.18. The Morgan fingerprint density at radius 1 is 1.00 bits per heavy atom. The summed E-state index contributed by atoms with van der Waals surface area (Å²) in [6.45, 7) is 1.26. The third-order valence-corrected chi connectivity index (χ3v) is 5.67. The van der Waals surface area contributed by atoms with Crippen LogP contribution in [0.25, 0.3) is 16.6 Å². The van der Waals surface area contributed by atoms with Crippen LogP contribution in [0.3, 0.4) is 0 Å². The summed E-state index contributed by atoms with van der Waals surface area (Å²) in [6.07, 6.45) is 1.82. The summed E-state index contributed by atoms with van der Waals surface area (Å²) in [5.74, 6) is 2.18. The Morgan fingerprint density at radius 3 is 2.56 bits per heavy atom. The van der Waals surface area contributed by atoms with E-state index in [9.17, 15) is 5.26 Å². The first-order valence-corrected chi connectivity index (χ1v) is 10.9. The fraction of sp³-hybridized carbons (Fsp3) is 0.240. The first-order chi connectivity index (χ1) is 16.6. The minimum absolute atomic E-state index is 0.173. The van der Waals surface area contributed by atoms with E-state index in [1.54, 1.807) is 38.3 Å². The van der Waals surface area contributed by atoms with Gasteiger partial charge >= 0.3 is 0 Å². The zero-order valence-corrected chi connectivity index (χ0v) is 19.9. The van der Waals surface area contributed by atoms with Crippen molar-refractivity contribution in [2.45, 2.75) is 19.5 Å². The first-order valence-electron chi connectivity index (χ1n) is 10.6. The number of ether oxygens (including phenoxy) is 3. The minimum Gasteiger partial charge on any atom is -0.497 e. The monoisotopic (exact) mass is 477 g/mol. The molecule has 0 unspecified atom stereocenters. The lowest BCUT2D eigenvalue weighted by molar-refractivity contribution is 0.389. The normalized spacial score (nSPS) is 10.8. The van der Waals surface area contributed by atoms with Gasteiger partial charge in [-0.2, -0.15) is 10.4 Å². The van der Waals surface area contributed by atoms with E-state index >= 15 is 0 Å². The molecular formula is C25H24ClN5O3. The van der Waals surface area contributed by atoms with Crippen LogP contribution >= 0.6 is 11.6 Å². The summed E-state index contributed by atoms with van der Waals surface area (Å²) in [4.78, 5) is 4.14. The van der Waals surface area contributed by atoms with Gasteiger partial charge in [-0.05, 0) is 23.8 Å². The van der Waals surface area contributed by atoms with Gasteiger partial charge in [-0.1, -0.05) is 23.7 Å². The van der Waals surface area contributed by atoms with Gasteiger partial charge in [-0.3, -0.25) is 0 Å². The Hall–Kier alpha value is -3.80. The highest BCUT2D eigenvalue weighted by atomic mass is 35.5. The topological polar surface area (TPSA) is 94.2 Å². The van der Waals surface area contributed by atoms with E-state index in [1.165, 1.54) is 0 Å². The molecular weight excluding hydrogens is 454 g/mol. The molecule has 0 aliphatic rings. The predicted molar refractivity (Wildman–Crippen MR) is 130 cm³/mol. The lowest BCUT2D eigenvalue weighted by Gasteiger charge is -2.13. The molecule has 0 fully saturated rings. The molecule has 9 heteroatoms. The Labute approximate surface area is 202 Å². The molecule has 0 aliphatic heterocycles. The van der Waals surface area contributed by atoms with Crippen LogP contribution in [0.1, 0.15) is 16.8 Å². The summed E-state index contributed by atoms with van der Waals surface area (Å²) in [5, 5.41) is 18.4. The van der Waals surface area contributed by atoms with E-state index in [0.717, 1.165) is 39.2 Å². The summed E-state index contributed by atoms with van der Waals surface area (Å²) >= 11 is 6.14. The number of halogens is 1. The van der Waals surface area contributed by atoms with E-state index in [0.29, 0.717) is 29.7 Å². The Morgan fingerprint density at radius 2 is 1.82 bits per heavy atom. The molecule has 2 heterocycles. The fourth-order valence-corrected chi connectivity index (χ4v) is 3.93. The Balaban J connectivity index is 1.57. The van der Waals surface area contributed by atoms with Crippen molar-refractivity contribution in [2.75, 3.05) is 21.3 Å². The van der Waals surface area contributed by atoms with E-state index in [-0.39, 0.29) is 6.42 Å². The average molecular weight is 478 g/mol. The highest BCUT2D eigenvalue weighted by Crippen LogP contribution is 2.30. The van der Waals surface area contributed by atoms with Gasteiger partial charge in [0.1, 0.15) is 28.1 Å². The van der Waals surface area contributed by atoms with Gasteiger partial charge in [0, 0.05) is 42.4 Å². The number of aromatic nitrogens is 3. The molecule has 34 heavy (non-hydrogen) atoms. The molecule has 2 aromatic heterocycles. The molecule has 2 aromatic carbocycles. The zero-order valence-electron chi connectivity index (χ0n) is 19.1. The number of nitrogens with zero attached hydrogens (tertiary/aromatic N) is 4. The molecule has 1 N–H and O–H groups in total. The van der Waals surface area contributed by atoms with Gasteiger partial charge in [0.2, 0.25) is 0 Å². The van der Waals surface area contributed by atoms with Gasteiger partial charge in [-0.25, -0.2) is 9.67 Å². The van der Waals surface area contributed by atoms with Gasteiger partial charge in [0.15, 0.2) is 0 Å². The number of nitriles is 1. The lowest BCUT2D eigenvalue weighted by Crippen LogP contribution is -2.14. The average Bonchev–Trinajstić information content (AvgIpc) is 3.21. The van der Waals surface area contributed by atoms with Crippen molar-refractivity contribution in [1.82, 2.24) is 20.1 Å². The maximum Gasteiger partial charge on any atom is 0.144 e. The molecule has 4 rings (SSSR count). The Bertz CT molecular complexity index is 1360. The van der Waals surface area contributed by atoms with Crippen LogP contribution in [0.5, 0.6) is 17.2 Å². The molecule has 0 atom stereocenters. The second-order valence-electron chi connectivity index (χ2n) is 7.51. The minimum atomic E-state index is 0.173. The van der Waals surface area contributed by atoms with Gasteiger partial charge in [-0.15, -0.1) is 0 Å². The summed E-state index contributed by atoms with van der Waals surface area (Å²) in [7, 11) is 4.90. The number of pyridine rings is 1. The van der Waals surface area contributed by atoms with Crippen LogP contribution in [0, 0.1) is 11.3 Å². The van der Waals surface area contributed by atoms with Crippen molar-refractivity contribution in [3.05, 3.63) is 70.6 Å². The standard InChI is InChI=1S/C25H24ClN5O3/c1-32-18-6-5-17(23(11-18)33-2)14-28-13-16-4-7-21(24(10-16)34-3)31-22-12-25(26)29-15-19(22)20(30-31)8-9-27/h4-7,10-12,15,28H,8,13-14H2,1-3H3. The molecule has 4 aromatic rings. The lowest BCUT2D eigenvalue weighted by atomic mass is 10.1. The number of fused-ring (bicyclic) bond motifs is 1. The quantitative estimate of drug-likeness (QED) is 0.356. The first kappa shape index (κ1) is 23.4. The molecule has 0 bridgehead atoms. The molecule has 0 amide bonds. The van der Waals surface area contributed by atoms with Crippen LogP contribution in [0.15, 0.2) is 48.7 Å². The zero-order chi connectivity index (χ0) is 24.1. The largest absolute Gasteiger partial charge is 0.497 e. The van der Waals surface area contributed by atoms with E-state index < -0.39 is 0 Å². The van der Waals surface area contributed by atoms with Crippen LogP contribution in [0.4, 0.5) is 0 Å². The van der Waals surface area contributed by atoms with Crippen molar-refractivity contribution in [3.63, 3.8) is 0 Å². The molecule has 0 radical (unpaired) electrons. The summed E-state index contributed by atoms with van der Waals surface area (Å²) in [5.41, 5.74) is 4.23. The van der Waals surface area contributed by atoms with Gasteiger partial charge in [0.25, 0.3) is 0 Å². The molecule has 8 nitrogen and oxygen atoms in total. The van der Waals surface area contributed by atoms with Gasteiger partial charge < -0.3 is 19.5 Å². The third-order valence-electron chi connectivity index (χ3n) is 5.47.